The highest BCUT2D eigenvalue weighted by Crippen LogP contribution is 2.57. The minimum absolute atomic E-state index is 0.00137. The van der Waals surface area contributed by atoms with Gasteiger partial charge in [-0.3, -0.25) is 14.4 Å². The van der Waals surface area contributed by atoms with E-state index in [9.17, 15) is 14.4 Å². The zero-order valence-electron chi connectivity index (χ0n) is 16.4. The van der Waals surface area contributed by atoms with Gasteiger partial charge in [0.05, 0.1) is 11.8 Å². The Bertz CT molecular complexity index is 1070. The van der Waals surface area contributed by atoms with Crippen molar-refractivity contribution in [1.29, 1.82) is 0 Å². The molecule has 2 bridgehead atoms. The summed E-state index contributed by atoms with van der Waals surface area (Å²) in [7, 11) is 0. The first-order valence-corrected chi connectivity index (χ1v) is 10.5. The lowest BCUT2D eigenvalue weighted by molar-refractivity contribution is -0.145. The largest absolute Gasteiger partial charge is 0.462 e. The summed E-state index contributed by atoms with van der Waals surface area (Å²) in [5.41, 5.74) is 2.37. The molecular weight excluding hydrogens is 404 g/mol. The summed E-state index contributed by atoms with van der Waals surface area (Å²) >= 11 is 6.12. The van der Waals surface area contributed by atoms with Crippen molar-refractivity contribution >= 4 is 40.8 Å². The molecule has 0 aromatic heterocycles. The Morgan fingerprint density at radius 3 is 2.73 bits per heavy atom. The molecule has 5 rings (SSSR count). The fourth-order valence-electron chi connectivity index (χ4n) is 5.26. The summed E-state index contributed by atoms with van der Waals surface area (Å²) in [5.74, 6) is -1.02. The average Bonchev–Trinajstić information content (AvgIpc) is 3.34. The van der Waals surface area contributed by atoms with E-state index in [-0.39, 0.29) is 47.6 Å². The number of halogens is 1. The van der Waals surface area contributed by atoms with Crippen molar-refractivity contribution in [2.75, 3.05) is 10.6 Å². The summed E-state index contributed by atoms with van der Waals surface area (Å²) in [6.45, 7) is 1.84. The van der Waals surface area contributed by atoms with Crippen molar-refractivity contribution in [2.24, 2.45) is 23.7 Å². The topological polar surface area (TPSA) is 84.5 Å². The van der Waals surface area contributed by atoms with Crippen molar-refractivity contribution in [3.05, 3.63) is 58.6 Å². The summed E-state index contributed by atoms with van der Waals surface area (Å²) in [4.78, 5) is 37.8. The molecule has 2 aromatic carbocycles. The van der Waals surface area contributed by atoms with Gasteiger partial charge in [-0.1, -0.05) is 23.7 Å². The maximum Gasteiger partial charge on any atom is 0.310 e. The predicted octanol–water partition coefficient (Wildman–Crippen LogP) is 4.04. The van der Waals surface area contributed by atoms with E-state index in [0.717, 1.165) is 18.4 Å². The molecule has 2 aromatic rings. The second-order valence-electron chi connectivity index (χ2n) is 8.36. The van der Waals surface area contributed by atoms with Gasteiger partial charge < -0.3 is 15.4 Å². The second-order valence-corrected chi connectivity index (χ2v) is 8.77. The van der Waals surface area contributed by atoms with Crippen LogP contribution in [-0.4, -0.2) is 23.9 Å². The van der Waals surface area contributed by atoms with Crippen LogP contribution in [0.2, 0.25) is 5.02 Å². The van der Waals surface area contributed by atoms with Crippen LogP contribution in [0.15, 0.2) is 42.5 Å². The number of esters is 1. The van der Waals surface area contributed by atoms with E-state index >= 15 is 0 Å². The molecule has 5 atom stereocenters. The van der Waals surface area contributed by atoms with Crippen LogP contribution in [0.3, 0.4) is 0 Å². The molecule has 2 N–H and O–H groups in total. The normalized spacial score (nSPS) is 28.3. The fourth-order valence-corrected chi connectivity index (χ4v) is 5.44. The van der Waals surface area contributed by atoms with Crippen molar-refractivity contribution < 1.29 is 19.1 Å². The zero-order chi connectivity index (χ0) is 21.0. The standard InChI is InChI=1S/C23H21ClN2O4/c1-11-16(24)6-3-7-17(11)26-21(27)12-4-2-5-14(8-12)25-22(28)19-13-9-15-18(10-13)30-23(29)20(15)19/h2-8,13,15,18-20H,9-10H2,1H3,(H,25,28)(H,26,27)/t13-,15-,18+,19-,20-/m1/s1. The number of hydrogen-bond donors (Lipinski definition) is 2. The minimum Gasteiger partial charge on any atom is -0.462 e. The van der Waals surface area contributed by atoms with E-state index in [0.29, 0.717) is 22.0 Å². The van der Waals surface area contributed by atoms with Gasteiger partial charge in [0.15, 0.2) is 0 Å². The van der Waals surface area contributed by atoms with E-state index < -0.39 is 0 Å². The second kappa shape index (κ2) is 7.13. The molecule has 3 fully saturated rings. The highest BCUT2D eigenvalue weighted by Gasteiger charge is 2.63. The van der Waals surface area contributed by atoms with Crippen LogP contribution in [0, 0.1) is 30.6 Å². The Balaban J connectivity index is 1.31. The SMILES string of the molecule is Cc1c(Cl)cccc1NC(=O)c1cccc(NC(=O)[C@@H]2[C@@H]3C[C@H]4[C@H]2C(=O)O[C@H]4C3)c1. The maximum atomic E-state index is 13.0. The Morgan fingerprint density at radius 1 is 1.10 bits per heavy atom. The predicted molar refractivity (Wildman–Crippen MR) is 112 cm³/mol. The van der Waals surface area contributed by atoms with Crippen LogP contribution < -0.4 is 10.6 Å². The number of fused-ring (bicyclic) bond motifs is 1. The highest BCUT2D eigenvalue weighted by atomic mass is 35.5. The number of carbonyl (C=O) groups excluding carboxylic acids is 3. The summed E-state index contributed by atoms with van der Waals surface area (Å²) in [6, 6.07) is 12.1. The maximum absolute atomic E-state index is 13.0. The van der Waals surface area contributed by atoms with Gasteiger partial charge in [0.1, 0.15) is 6.10 Å². The Labute approximate surface area is 178 Å². The third-order valence-corrected chi connectivity index (χ3v) is 7.10. The van der Waals surface area contributed by atoms with Crippen molar-refractivity contribution in [1.82, 2.24) is 0 Å². The first-order chi connectivity index (χ1) is 14.4. The molecule has 7 heteroatoms. The molecule has 154 valence electrons. The van der Waals surface area contributed by atoms with E-state index in [2.05, 4.69) is 10.6 Å². The van der Waals surface area contributed by atoms with Gasteiger partial charge in [-0.2, -0.15) is 0 Å². The van der Waals surface area contributed by atoms with Crippen LogP contribution in [0.5, 0.6) is 0 Å². The van der Waals surface area contributed by atoms with Gasteiger partial charge in [0, 0.05) is 27.9 Å². The van der Waals surface area contributed by atoms with Gasteiger partial charge in [0.2, 0.25) is 5.91 Å². The van der Waals surface area contributed by atoms with Gasteiger partial charge in [-0.05, 0) is 61.6 Å². The average molecular weight is 425 g/mol. The molecule has 30 heavy (non-hydrogen) atoms. The molecule has 2 saturated carbocycles. The van der Waals surface area contributed by atoms with Crippen LogP contribution in [0.4, 0.5) is 11.4 Å². The van der Waals surface area contributed by atoms with Gasteiger partial charge >= 0.3 is 5.97 Å². The Morgan fingerprint density at radius 2 is 1.90 bits per heavy atom. The van der Waals surface area contributed by atoms with E-state index in [1.165, 1.54) is 0 Å². The number of benzene rings is 2. The number of nitrogens with one attached hydrogen (secondary N) is 2. The number of amides is 2. The summed E-state index contributed by atoms with van der Waals surface area (Å²) < 4.78 is 5.41. The van der Waals surface area contributed by atoms with E-state index in [4.69, 9.17) is 16.3 Å². The van der Waals surface area contributed by atoms with Crippen molar-refractivity contribution in [2.45, 2.75) is 25.9 Å². The molecule has 1 heterocycles. The number of ether oxygens (including phenoxy) is 1. The lowest BCUT2D eigenvalue weighted by Crippen LogP contribution is -2.35. The Hall–Kier alpha value is -2.86. The molecule has 2 aliphatic carbocycles. The smallest absolute Gasteiger partial charge is 0.310 e. The van der Waals surface area contributed by atoms with E-state index in [1.807, 2.05) is 6.92 Å². The van der Waals surface area contributed by atoms with Crippen molar-refractivity contribution in [3.8, 4) is 0 Å². The highest BCUT2D eigenvalue weighted by molar-refractivity contribution is 6.31. The third-order valence-electron chi connectivity index (χ3n) is 6.69. The molecule has 3 aliphatic rings. The monoisotopic (exact) mass is 424 g/mol. The van der Waals surface area contributed by atoms with E-state index in [1.54, 1.807) is 42.5 Å². The summed E-state index contributed by atoms with van der Waals surface area (Å²) in [6.07, 6.45) is 1.64. The number of rotatable bonds is 4. The van der Waals surface area contributed by atoms with Crippen LogP contribution in [0.1, 0.15) is 28.8 Å². The number of anilines is 2. The first-order valence-electron chi connectivity index (χ1n) is 10.1. The number of hydrogen-bond acceptors (Lipinski definition) is 4. The van der Waals surface area contributed by atoms with Crippen LogP contribution in [-0.2, 0) is 14.3 Å². The van der Waals surface area contributed by atoms with Crippen LogP contribution >= 0.6 is 11.6 Å². The molecule has 0 spiro atoms. The molecule has 2 amide bonds. The van der Waals surface area contributed by atoms with Gasteiger partial charge in [-0.25, -0.2) is 0 Å². The molecule has 0 unspecified atom stereocenters. The lowest BCUT2D eigenvalue weighted by Gasteiger charge is -2.23. The third kappa shape index (κ3) is 3.06. The van der Waals surface area contributed by atoms with Gasteiger partial charge in [-0.15, -0.1) is 0 Å². The molecule has 1 saturated heterocycles. The van der Waals surface area contributed by atoms with Crippen LogP contribution in [0.25, 0.3) is 0 Å². The zero-order valence-corrected chi connectivity index (χ0v) is 17.1. The van der Waals surface area contributed by atoms with Crippen molar-refractivity contribution in [3.63, 3.8) is 0 Å². The molecule has 0 radical (unpaired) electrons. The fraction of sp³-hybridized carbons (Fsp3) is 0.348. The summed E-state index contributed by atoms with van der Waals surface area (Å²) in [5, 5.41) is 6.34. The van der Waals surface area contributed by atoms with Gasteiger partial charge in [0.25, 0.3) is 5.91 Å². The quantitative estimate of drug-likeness (QED) is 0.725. The first kappa shape index (κ1) is 19.1. The Kier molecular flexibility index (Phi) is 4.54. The minimum atomic E-state index is -0.354. The molecular formula is C23H21ClN2O4. The lowest BCUT2D eigenvalue weighted by atomic mass is 9.79. The molecule has 6 nitrogen and oxygen atoms in total. The molecule has 1 aliphatic heterocycles. The number of carbonyl (C=O) groups is 3.